The number of aliphatic imine (C=N–C) groups is 1. The highest BCUT2D eigenvalue weighted by Crippen LogP contribution is 2.37. The zero-order valence-electron chi connectivity index (χ0n) is 22.5. The largest absolute Gasteiger partial charge is 0.497 e. The number of carbonyl (C=O) groups is 2. The number of ether oxygens (including phenoxy) is 4. The minimum absolute atomic E-state index is 0.0784. The molecule has 1 saturated heterocycles. The molecule has 1 fully saturated rings. The molecule has 0 unspecified atom stereocenters. The average Bonchev–Trinajstić information content (AvgIpc) is 3.75. The van der Waals surface area contributed by atoms with Crippen molar-refractivity contribution in [2.75, 3.05) is 21.3 Å². The summed E-state index contributed by atoms with van der Waals surface area (Å²) >= 11 is 1.27. The third kappa shape index (κ3) is 6.47. The monoisotopic (exact) mass is 574 g/mol. The summed E-state index contributed by atoms with van der Waals surface area (Å²) in [5, 5.41) is 0.527. The van der Waals surface area contributed by atoms with Crippen LogP contribution < -0.4 is 14.2 Å². The van der Waals surface area contributed by atoms with Gasteiger partial charge in [0.25, 0.3) is 5.91 Å². The van der Waals surface area contributed by atoms with Crippen LogP contribution in [0.1, 0.15) is 27.6 Å². The van der Waals surface area contributed by atoms with Gasteiger partial charge < -0.3 is 27.8 Å². The SMILES string of the molecule is COC(=O)c1ccc(COc2ccc(C=C3SC(=Nc4ccc(OC)cc4)N(Cc4ccco4)C3=O)cc2OC)o1. The summed E-state index contributed by atoms with van der Waals surface area (Å²) in [6, 6.07) is 19.4. The van der Waals surface area contributed by atoms with Crippen LogP contribution in [0.4, 0.5) is 5.69 Å². The normalized spacial score (nSPS) is 15.0. The summed E-state index contributed by atoms with van der Waals surface area (Å²) in [7, 11) is 4.41. The topological polar surface area (TPSA) is 113 Å². The Labute approximate surface area is 240 Å². The third-order valence-electron chi connectivity index (χ3n) is 5.98. The second-order valence-electron chi connectivity index (χ2n) is 8.63. The van der Waals surface area contributed by atoms with E-state index >= 15 is 0 Å². The zero-order valence-corrected chi connectivity index (χ0v) is 23.3. The molecular weight excluding hydrogens is 548 g/mol. The number of amides is 1. The molecule has 2 aromatic heterocycles. The second kappa shape index (κ2) is 12.5. The highest BCUT2D eigenvalue weighted by atomic mass is 32.2. The number of hydrogen-bond donors (Lipinski definition) is 0. The fourth-order valence-corrected chi connectivity index (χ4v) is 4.91. The number of hydrogen-bond acceptors (Lipinski definition) is 10. The molecule has 0 atom stereocenters. The van der Waals surface area contributed by atoms with Gasteiger partial charge in [-0.2, -0.15) is 0 Å². The first kappa shape index (κ1) is 27.7. The van der Waals surface area contributed by atoms with Crippen LogP contribution in [0.25, 0.3) is 6.08 Å². The van der Waals surface area contributed by atoms with Crippen molar-refractivity contribution in [1.29, 1.82) is 0 Å². The standard InChI is InChI=1S/C30H26N2O8S/c1-35-21-9-7-20(8-10-21)31-30-32(17-22-5-4-14-38-22)28(33)27(41-30)16-19-6-12-24(26(15-19)36-2)39-18-23-11-13-25(40-23)29(34)37-3/h4-16H,17-18H2,1-3H3. The molecule has 0 aliphatic carbocycles. The highest BCUT2D eigenvalue weighted by molar-refractivity contribution is 8.18. The Hall–Kier alpha value is -4.90. The Bertz CT molecular complexity index is 1590. The number of benzene rings is 2. The van der Waals surface area contributed by atoms with Gasteiger partial charge in [0, 0.05) is 0 Å². The van der Waals surface area contributed by atoms with E-state index in [1.54, 1.807) is 48.6 Å². The van der Waals surface area contributed by atoms with Crippen LogP contribution in [0.2, 0.25) is 0 Å². The van der Waals surface area contributed by atoms with Gasteiger partial charge >= 0.3 is 5.97 Å². The van der Waals surface area contributed by atoms with Gasteiger partial charge in [-0.1, -0.05) is 6.07 Å². The summed E-state index contributed by atoms with van der Waals surface area (Å²) in [6.45, 7) is 0.320. The van der Waals surface area contributed by atoms with Crippen molar-refractivity contribution in [2.24, 2.45) is 4.99 Å². The molecule has 0 saturated carbocycles. The molecule has 0 bridgehead atoms. The maximum absolute atomic E-state index is 13.5. The first-order valence-electron chi connectivity index (χ1n) is 12.4. The van der Waals surface area contributed by atoms with E-state index in [1.165, 1.54) is 32.0 Å². The molecular formula is C30H26N2O8S. The van der Waals surface area contributed by atoms with Gasteiger partial charge in [-0.3, -0.25) is 9.69 Å². The van der Waals surface area contributed by atoms with Crippen LogP contribution in [0, 0.1) is 0 Å². The van der Waals surface area contributed by atoms with Crippen molar-refractivity contribution in [3.05, 3.63) is 101 Å². The number of furan rings is 2. The van der Waals surface area contributed by atoms with Crippen molar-refractivity contribution in [2.45, 2.75) is 13.2 Å². The summed E-state index contributed by atoms with van der Waals surface area (Å²) in [5.74, 6) is 2.07. The molecule has 41 heavy (non-hydrogen) atoms. The van der Waals surface area contributed by atoms with E-state index in [1.807, 2.05) is 36.4 Å². The van der Waals surface area contributed by atoms with Crippen molar-refractivity contribution < 1.29 is 37.4 Å². The Balaban J connectivity index is 1.36. The van der Waals surface area contributed by atoms with E-state index in [2.05, 4.69) is 4.74 Å². The van der Waals surface area contributed by atoms with E-state index < -0.39 is 5.97 Å². The lowest BCUT2D eigenvalue weighted by Crippen LogP contribution is -2.28. The molecule has 1 aliphatic heterocycles. The number of methoxy groups -OCH3 is 3. The van der Waals surface area contributed by atoms with E-state index in [4.69, 9.17) is 28.0 Å². The zero-order chi connectivity index (χ0) is 28.8. The first-order chi connectivity index (χ1) is 20.0. The first-order valence-corrected chi connectivity index (χ1v) is 13.2. The Morgan fingerprint density at radius 3 is 2.51 bits per heavy atom. The predicted molar refractivity (Wildman–Crippen MR) is 152 cm³/mol. The minimum Gasteiger partial charge on any atom is -0.497 e. The van der Waals surface area contributed by atoms with E-state index in [9.17, 15) is 9.59 Å². The summed E-state index contributed by atoms with van der Waals surface area (Å²) < 4.78 is 32.2. The van der Waals surface area contributed by atoms with Gasteiger partial charge in [-0.15, -0.1) is 0 Å². The van der Waals surface area contributed by atoms with Crippen LogP contribution >= 0.6 is 11.8 Å². The Morgan fingerprint density at radius 1 is 0.976 bits per heavy atom. The molecule has 2 aromatic carbocycles. The summed E-state index contributed by atoms with van der Waals surface area (Å²) in [5.41, 5.74) is 1.42. The lowest BCUT2D eigenvalue weighted by atomic mass is 10.2. The molecule has 0 spiro atoms. The third-order valence-corrected chi connectivity index (χ3v) is 6.99. The molecule has 4 aromatic rings. The molecule has 3 heterocycles. The van der Waals surface area contributed by atoms with Crippen LogP contribution in [0.15, 0.2) is 91.7 Å². The lowest BCUT2D eigenvalue weighted by Gasteiger charge is -2.14. The van der Waals surface area contributed by atoms with Crippen molar-refractivity contribution in [3.63, 3.8) is 0 Å². The van der Waals surface area contributed by atoms with Crippen LogP contribution in [0.5, 0.6) is 17.2 Å². The van der Waals surface area contributed by atoms with Crippen LogP contribution in [-0.4, -0.2) is 43.3 Å². The molecule has 1 amide bonds. The van der Waals surface area contributed by atoms with Gasteiger partial charge in [0.2, 0.25) is 5.76 Å². The smallest absolute Gasteiger partial charge is 0.373 e. The maximum Gasteiger partial charge on any atom is 0.373 e. The quantitative estimate of drug-likeness (QED) is 0.165. The number of carbonyl (C=O) groups excluding carboxylic acids is 2. The van der Waals surface area contributed by atoms with Crippen molar-refractivity contribution in [1.82, 2.24) is 4.90 Å². The number of rotatable bonds is 10. The fourth-order valence-electron chi connectivity index (χ4n) is 3.92. The van der Waals surface area contributed by atoms with Crippen LogP contribution in [-0.2, 0) is 22.7 Å². The van der Waals surface area contributed by atoms with E-state index in [0.717, 1.165) is 5.56 Å². The minimum atomic E-state index is -0.564. The molecule has 10 nitrogen and oxygen atoms in total. The molecule has 0 N–H and O–H groups in total. The van der Waals surface area contributed by atoms with Crippen molar-refractivity contribution in [3.8, 4) is 17.2 Å². The van der Waals surface area contributed by atoms with E-state index in [-0.39, 0.29) is 24.8 Å². The Kier molecular flexibility index (Phi) is 8.44. The lowest BCUT2D eigenvalue weighted by molar-refractivity contribution is -0.122. The van der Waals surface area contributed by atoms with Gasteiger partial charge in [0.15, 0.2) is 16.7 Å². The predicted octanol–water partition coefficient (Wildman–Crippen LogP) is 6.06. The summed E-state index contributed by atoms with van der Waals surface area (Å²) in [4.78, 5) is 31.9. The highest BCUT2D eigenvalue weighted by Gasteiger charge is 2.34. The number of amidine groups is 1. The second-order valence-corrected chi connectivity index (χ2v) is 9.64. The van der Waals surface area contributed by atoms with Gasteiger partial charge in [0.05, 0.1) is 44.7 Å². The summed E-state index contributed by atoms with van der Waals surface area (Å²) in [6.07, 6.45) is 3.35. The Morgan fingerprint density at radius 2 is 1.80 bits per heavy atom. The van der Waals surface area contributed by atoms with Crippen LogP contribution in [0.3, 0.4) is 0 Å². The molecule has 11 heteroatoms. The molecule has 210 valence electrons. The van der Waals surface area contributed by atoms with E-state index in [0.29, 0.717) is 44.5 Å². The molecule has 1 aliphatic rings. The fraction of sp³-hybridized carbons (Fsp3) is 0.167. The average molecular weight is 575 g/mol. The molecule has 5 rings (SSSR count). The molecule has 0 radical (unpaired) electrons. The van der Waals surface area contributed by atoms with Crippen molar-refractivity contribution >= 4 is 40.6 Å². The number of thioether (sulfide) groups is 1. The van der Waals surface area contributed by atoms with Gasteiger partial charge in [-0.05, 0) is 84.1 Å². The number of nitrogens with zero attached hydrogens (tertiary/aromatic N) is 2. The number of esters is 1. The van der Waals surface area contributed by atoms with Gasteiger partial charge in [-0.25, -0.2) is 9.79 Å². The maximum atomic E-state index is 13.5. The van der Waals surface area contributed by atoms with Gasteiger partial charge in [0.1, 0.15) is 23.9 Å².